The zero-order valence-electron chi connectivity index (χ0n) is 9.53. The average Bonchev–Trinajstić information content (AvgIpc) is 2.79. The molecule has 0 fully saturated rings. The van der Waals surface area contributed by atoms with Crippen molar-refractivity contribution in [3.63, 3.8) is 0 Å². The summed E-state index contributed by atoms with van der Waals surface area (Å²) in [6.45, 7) is 2.21. The van der Waals surface area contributed by atoms with Crippen LogP contribution in [-0.2, 0) is 12.8 Å². The second-order valence-electron chi connectivity index (χ2n) is 4.47. The minimum absolute atomic E-state index is 1.12. The Morgan fingerprint density at radius 3 is 2.69 bits per heavy atom. The van der Waals surface area contributed by atoms with Crippen LogP contribution in [0.15, 0.2) is 36.4 Å². The molecule has 0 radical (unpaired) electrons. The second-order valence-corrected chi connectivity index (χ2v) is 4.47. The molecule has 3 rings (SSSR count). The minimum atomic E-state index is 1.12. The van der Waals surface area contributed by atoms with Gasteiger partial charge < -0.3 is 0 Å². The van der Waals surface area contributed by atoms with E-state index in [1.807, 2.05) is 6.07 Å². The van der Waals surface area contributed by atoms with E-state index in [0.29, 0.717) is 0 Å². The maximum atomic E-state index is 4.78. The quantitative estimate of drug-likeness (QED) is 0.700. The van der Waals surface area contributed by atoms with Crippen molar-refractivity contribution < 1.29 is 0 Å². The molecule has 0 saturated carbocycles. The Morgan fingerprint density at radius 1 is 1.06 bits per heavy atom. The number of hydrogen-bond acceptors (Lipinski definition) is 1. The van der Waals surface area contributed by atoms with Crippen LogP contribution in [0, 0.1) is 6.92 Å². The Kier molecular flexibility index (Phi) is 2.24. The second kappa shape index (κ2) is 3.75. The van der Waals surface area contributed by atoms with Crippen molar-refractivity contribution in [2.45, 2.75) is 26.2 Å². The first-order valence-corrected chi connectivity index (χ1v) is 5.89. The van der Waals surface area contributed by atoms with Gasteiger partial charge in [-0.15, -0.1) is 0 Å². The third-order valence-corrected chi connectivity index (χ3v) is 3.34. The average molecular weight is 209 g/mol. The van der Waals surface area contributed by atoms with Gasteiger partial charge in [0.15, 0.2) is 0 Å². The summed E-state index contributed by atoms with van der Waals surface area (Å²) in [5, 5.41) is 0. The summed E-state index contributed by atoms with van der Waals surface area (Å²) in [5.74, 6) is 0. The molecule has 80 valence electrons. The van der Waals surface area contributed by atoms with E-state index in [1.165, 1.54) is 35.2 Å². The molecule has 0 amide bonds. The Hall–Kier alpha value is -1.63. The molecule has 16 heavy (non-hydrogen) atoms. The monoisotopic (exact) mass is 209 g/mol. The molecule has 0 N–H and O–H groups in total. The molecule has 2 aromatic rings. The summed E-state index contributed by atoms with van der Waals surface area (Å²) in [5.41, 5.74) is 6.55. The van der Waals surface area contributed by atoms with Crippen LogP contribution in [-0.4, -0.2) is 4.98 Å². The molecular formula is C15H15N. The largest absolute Gasteiger partial charge is 0.253 e. The molecule has 1 nitrogen and oxygen atoms in total. The van der Waals surface area contributed by atoms with Crippen molar-refractivity contribution in [3.05, 3.63) is 53.2 Å². The molecule has 1 aliphatic rings. The molecular weight excluding hydrogens is 194 g/mol. The van der Waals surface area contributed by atoms with Crippen molar-refractivity contribution in [2.75, 3.05) is 0 Å². The van der Waals surface area contributed by atoms with Crippen LogP contribution in [0.5, 0.6) is 0 Å². The van der Waals surface area contributed by atoms with E-state index >= 15 is 0 Å². The molecule has 0 atom stereocenters. The summed E-state index contributed by atoms with van der Waals surface area (Å²) in [7, 11) is 0. The SMILES string of the molecule is Cc1cc(-c2ccccc2)nc2c1CCC2. The van der Waals surface area contributed by atoms with Gasteiger partial charge in [-0.25, -0.2) is 0 Å². The van der Waals surface area contributed by atoms with Crippen molar-refractivity contribution in [1.82, 2.24) is 4.98 Å². The topological polar surface area (TPSA) is 12.9 Å². The van der Waals surface area contributed by atoms with Crippen molar-refractivity contribution in [1.29, 1.82) is 0 Å². The molecule has 0 unspecified atom stereocenters. The van der Waals surface area contributed by atoms with Crippen molar-refractivity contribution in [2.24, 2.45) is 0 Å². The third kappa shape index (κ3) is 1.53. The fourth-order valence-electron chi connectivity index (χ4n) is 2.50. The number of hydrogen-bond donors (Lipinski definition) is 0. The minimum Gasteiger partial charge on any atom is -0.253 e. The van der Waals surface area contributed by atoms with E-state index in [2.05, 4.69) is 37.3 Å². The standard InChI is InChI=1S/C15H15N/c1-11-10-15(12-6-3-2-4-7-12)16-14-9-5-8-13(11)14/h2-4,6-7,10H,5,8-9H2,1H3. The highest BCUT2D eigenvalue weighted by Crippen LogP contribution is 2.27. The zero-order valence-corrected chi connectivity index (χ0v) is 9.53. The predicted octanol–water partition coefficient (Wildman–Crippen LogP) is 3.55. The molecule has 1 heteroatoms. The van der Waals surface area contributed by atoms with Gasteiger partial charge in [0.05, 0.1) is 5.69 Å². The molecule has 0 spiro atoms. The van der Waals surface area contributed by atoms with Gasteiger partial charge in [0.25, 0.3) is 0 Å². The van der Waals surface area contributed by atoms with Gasteiger partial charge in [0.2, 0.25) is 0 Å². The van der Waals surface area contributed by atoms with Crippen LogP contribution in [0.2, 0.25) is 0 Å². The van der Waals surface area contributed by atoms with E-state index in [9.17, 15) is 0 Å². The normalized spacial score (nSPS) is 13.8. The van der Waals surface area contributed by atoms with Gasteiger partial charge in [0, 0.05) is 11.3 Å². The highest BCUT2D eigenvalue weighted by Gasteiger charge is 2.15. The molecule has 1 aromatic carbocycles. The number of rotatable bonds is 1. The lowest BCUT2D eigenvalue weighted by Gasteiger charge is -2.07. The maximum Gasteiger partial charge on any atom is 0.0708 e. The lowest BCUT2D eigenvalue weighted by atomic mass is 10.0. The summed E-state index contributed by atoms with van der Waals surface area (Å²) < 4.78 is 0. The van der Waals surface area contributed by atoms with Crippen LogP contribution in [0.3, 0.4) is 0 Å². The Morgan fingerprint density at radius 2 is 1.88 bits per heavy atom. The summed E-state index contributed by atoms with van der Waals surface area (Å²) in [6, 6.07) is 12.7. The fourth-order valence-corrected chi connectivity index (χ4v) is 2.50. The number of aromatic nitrogens is 1. The van der Waals surface area contributed by atoms with E-state index in [1.54, 1.807) is 0 Å². The van der Waals surface area contributed by atoms with Gasteiger partial charge in [-0.2, -0.15) is 0 Å². The lowest BCUT2D eigenvalue weighted by molar-refractivity contribution is 0.899. The Bertz CT molecular complexity index is 514. The smallest absolute Gasteiger partial charge is 0.0708 e. The molecule has 1 aliphatic carbocycles. The number of pyridine rings is 1. The first-order chi connectivity index (χ1) is 7.84. The lowest BCUT2D eigenvalue weighted by Crippen LogP contribution is -1.94. The van der Waals surface area contributed by atoms with Gasteiger partial charge in [-0.3, -0.25) is 4.98 Å². The van der Waals surface area contributed by atoms with Crippen molar-refractivity contribution in [3.8, 4) is 11.3 Å². The molecule has 0 aliphatic heterocycles. The van der Waals surface area contributed by atoms with E-state index in [0.717, 1.165) is 12.1 Å². The number of fused-ring (bicyclic) bond motifs is 1. The maximum absolute atomic E-state index is 4.78. The van der Waals surface area contributed by atoms with Gasteiger partial charge in [-0.1, -0.05) is 30.3 Å². The van der Waals surface area contributed by atoms with Crippen LogP contribution >= 0.6 is 0 Å². The third-order valence-electron chi connectivity index (χ3n) is 3.34. The highest BCUT2D eigenvalue weighted by atomic mass is 14.7. The van der Waals surface area contributed by atoms with Crippen LogP contribution < -0.4 is 0 Å². The van der Waals surface area contributed by atoms with Crippen LogP contribution in [0.1, 0.15) is 23.2 Å². The van der Waals surface area contributed by atoms with Crippen LogP contribution in [0.25, 0.3) is 11.3 Å². The molecule has 1 aromatic heterocycles. The zero-order chi connectivity index (χ0) is 11.0. The number of aryl methyl sites for hydroxylation is 2. The van der Waals surface area contributed by atoms with Crippen LogP contribution in [0.4, 0.5) is 0 Å². The summed E-state index contributed by atoms with van der Waals surface area (Å²) in [6.07, 6.45) is 3.63. The molecule has 0 bridgehead atoms. The van der Waals surface area contributed by atoms with Crippen molar-refractivity contribution >= 4 is 0 Å². The highest BCUT2D eigenvalue weighted by molar-refractivity contribution is 5.61. The molecule has 0 saturated heterocycles. The fraction of sp³-hybridized carbons (Fsp3) is 0.267. The first-order valence-electron chi connectivity index (χ1n) is 5.89. The van der Waals surface area contributed by atoms with Gasteiger partial charge in [0.1, 0.15) is 0 Å². The van der Waals surface area contributed by atoms with Gasteiger partial charge in [-0.05, 0) is 43.4 Å². The molecule has 1 heterocycles. The number of benzene rings is 1. The predicted molar refractivity (Wildman–Crippen MR) is 66.4 cm³/mol. The Labute approximate surface area is 96.2 Å². The number of nitrogens with zero attached hydrogens (tertiary/aromatic N) is 1. The summed E-state index contributed by atoms with van der Waals surface area (Å²) >= 11 is 0. The Balaban J connectivity index is 2.13. The summed E-state index contributed by atoms with van der Waals surface area (Å²) in [4.78, 5) is 4.78. The first kappa shape index (κ1) is 9.59. The van der Waals surface area contributed by atoms with E-state index < -0.39 is 0 Å². The van der Waals surface area contributed by atoms with E-state index in [-0.39, 0.29) is 0 Å². The van der Waals surface area contributed by atoms with Gasteiger partial charge >= 0.3 is 0 Å². The van der Waals surface area contributed by atoms with E-state index in [4.69, 9.17) is 4.98 Å².